The lowest BCUT2D eigenvalue weighted by molar-refractivity contribution is -0.384. The van der Waals surface area contributed by atoms with Gasteiger partial charge in [-0.2, -0.15) is 0 Å². The summed E-state index contributed by atoms with van der Waals surface area (Å²) in [5.41, 5.74) is -0.290. The molecular formula is C10H14FN3O2. The van der Waals surface area contributed by atoms with Gasteiger partial charge in [-0.25, -0.2) is 4.39 Å². The number of rotatable bonds is 6. The van der Waals surface area contributed by atoms with E-state index in [0.717, 1.165) is 6.54 Å². The normalized spacial score (nSPS) is 10.1. The summed E-state index contributed by atoms with van der Waals surface area (Å²) in [5, 5.41) is 16.4. The molecule has 1 rings (SSSR count). The zero-order valence-corrected chi connectivity index (χ0v) is 9.00. The second-order valence-corrected chi connectivity index (χ2v) is 3.17. The third-order valence-electron chi connectivity index (χ3n) is 2.04. The number of nitro benzene ring substituents is 1. The van der Waals surface area contributed by atoms with E-state index >= 15 is 0 Å². The molecule has 0 fully saturated rings. The number of para-hydroxylation sites is 1. The van der Waals surface area contributed by atoms with Crippen molar-refractivity contribution in [3.8, 4) is 0 Å². The number of benzene rings is 1. The molecule has 0 aromatic heterocycles. The molecule has 0 saturated carbocycles. The summed E-state index contributed by atoms with van der Waals surface area (Å²) in [4.78, 5) is 10.0. The van der Waals surface area contributed by atoms with Crippen LogP contribution in [0.5, 0.6) is 0 Å². The lowest BCUT2D eigenvalue weighted by Gasteiger charge is -2.07. The summed E-state index contributed by atoms with van der Waals surface area (Å²) in [6.45, 7) is 3.82. The molecule has 6 heteroatoms. The first-order valence-corrected chi connectivity index (χ1v) is 5.04. The molecule has 0 bridgehead atoms. The maximum atomic E-state index is 13.3. The van der Waals surface area contributed by atoms with Crippen LogP contribution in [0.25, 0.3) is 0 Å². The zero-order valence-electron chi connectivity index (χ0n) is 9.00. The summed E-state index contributed by atoms with van der Waals surface area (Å²) in [7, 11) is 0. The first kappa shape index (κ1) is 12.4. The molecule has 0 radical (unpaired) electrons. The number of anilines is 1. The van der Waals surface area contributed by atoms with Gasteiger partial charge in [-0.1, -0.05) is 13.0 Å². The minimum absolute atomic E-state index is 0.0506. The average molecular weight is 227 g/mol. The van der Waals surface area contributed by atoms with Crippen molar-refractivity contribution in [1.82, 2.24) is 5.32 Å². The van der Waals surface area contributed by atoms with Crippen molar-refractivity contribution in [1.29, 1.82) is 0 Å². The number of nitrogens with one attached hydrogen (secondary N) is 2. The molecule has 0 heterocycles. The fraction of sp³-hybridized carbons (Fsp3) is 0.400. The standard InChI is InChI=1S/C10H14FN3O2/c1-2-12-6-7-13-10-8(11)4-3-5-9(10)14(15)16/h3-5,12-13H,2,6-7H2,1H3. The Balaban J connectivity index is 2.73. The molecule has 16 heavy (non-hydrogen) atoms. The van der Waals surface area contributed by atoms with Crippen molar-refractivity contribution in [2.75, 3.05) is 25.0 Å². The molecule has 5 nitrogen and oxygen atoms in total. The highest BCUT2D eigenvalue weighted by Crippen LogP contribution is 2.26. The van der Waals surface area contributed by atoms with Gasteiger partial charge in [-0.15, -0.1) is 0 Å². The van der Waals surface area contributed by atoms with Crippen molar-refractivity contribution in [2.24, 2.45) is 0 Å². The highest BCUT2D eigenvalue weighted by atomic mass is 19.1. The lowest BCUT2D eigenvalue weighted by Crippen LogP contribution is -2.22. The average Bonchev–Trinajstić information content (AvgIpc) is 2.25. The summed E-state index contributed by atoms with van der Waals surface area (Å²) >= 11 is 0. The molecule has 0 atom stereocenters. The SMILES string of the molecule is CCNCCNc1c(F)cccc1[N+](=O)[O-]. The van der Waals surface area contributed by atoms with Crippen LogP contribution < -0.4 is 10.6 Å². The van der Waals surface area contributed by atoms with E-state index in [0.29, 0.717) is 13.1 Å². The van der Waals surface area contributed by atoms with E-state index in [1.54, 1.807) is 0 Å². The van der Waals surface area contributed by atoms with Gasteiger partial charge in [0.05, 0.1) is 4.92 Å². The summed E-state index contributed by atoms with van der Waals surface area (Å²) in [6.07, 6.45) is 0. The Hall–Kier alpha value is -1.69. The molecular weight excluding hydrogens is 213 g/mol. The molecule has 0 spiro atoms. The minimum atomic E-state index is -0.606. The predicted octanol–water partition coefficient (Wildman–Crippen LogP) is 1.76. The third kappa shape index (κ3) is 3.16. The van der Waals surface area contributed by atoms with Crippen LogP contribution in [0.1, 0.15) is 6.92 Å². The quantitative estimate of drug-likeness (QED) is 0.441. The highest BCUT2D eigenvalue weighted by Gasteiger charge is 2.16. The molecule has 88 valence electrons. The van der Waals surface area contributed by atoms with Gasteiger partial charge in [-0.05, 0) is 12.6 Å². The first-order chi connectivity index (χ1) is 7.66. The van der Waals surface area contributed by atoms with Gasteiger partial charge in [0, 0.05) is 19.2 Å². The summed E-state index contributed by atoms with van der Waals surface area (Å²) < 4.78 is 13.3. The zero-order chi connectivity index (χ0) is 12.0. The van der Waals surface area contributed by atoms with Crippen LogP contribution in [-0.4, -0.2) is 24.6 Å². The summed E-state index contributed by atoms with van der Waals surface area (Å²) in [6, 6.07) is 3.80. The monoisotopic (exact) mass is 227 g/mol. The van der Waals surface area contributed by atoms with Crippen LogP contribution in [-0.2, 0) is 0 Å². The largest absolute Gasteiger partial charge is 0.376 e. The van der Waals surface area contributed by atoms with Crippen LogP contribution in [0.2, 0.25) is 0 Å². The number of nitro groups is 1. The molecule has 1 aromatic carbocycles. The first-order valence-electron chi connectivity index (χ1n) is 5.04. The Morgan fingerprint density at radius 1 is 1.44 bits per heavy atom. The molecule has 0 aliphatic carbocycles. The van der Waals surface area contributed by atoms with E-state index in [9.17, 15) is 14.5 Å². The van der Waals surface area contributed by atoms with Crippen LogP contribution >= 0.6 is 0 Å². The molecule has 0 aliphatic heterocycles. The Morgan fingerprint density at radius 2 is 2.19 bits per heavy atom. The summed E-state index contributed by atoms with van der Waals surface area (Å²) in [5.74, 6) is -0.606. The molecule has 0 unspecified atom stereocenters. The van der Waals surface area contributed by atoms with E-state index in [1.807, 2.05) is 6.92 Å². The van der Waals surface area contributed by atoms with Gasteiger partial charge >= 0.3 is 0 Å². The van der Waals surface area contributed by atoms with E-state index in [1.165, 1.54) is 18.2 Å². The fourth-order valence-corrected chi connectivity index (χ4v) is 1.29. The van der Waals surface area contributed by atoms with Gasteiger partial charge < -0.3 is 10.6 Å². The number of likely N-dealkylation sites (N-methyl/N-ethyl adjacent to an activating group) is 1. The van der Waals surface area contributed by atoms with Gasteiger partial charge in [0.25, 0.3) is 5.69 Å². The van der Waals surface area contributed by atoms with Crippen molar-refractivity contribution in [2.45, 2.75) is 6.92 Å². The van der Waals surface area contributed by atoms with E-state index < -0.39 is 10.7 Å². The maximum absolute atomic E-state index is 13.3. The van der Waals surface area contributed by atoms with E-state index in [-0.39, 0.29) is 11.4 Å². The van der Waals surface area contributed by atoms with Crippen LogP contribution in [0, 0.1) is 15.9 Å². The van der Waals surface area contributed by atoms with Crippen LogP contribution in [0.3, 0.4) is 0 Å². The number of nitrogens with zero attached hydrogens (tertiary/aromatic N) is 1. The van der Waals surface area contributed by atoms with Crippen molar-refractivity contribution >= 4 is 11.4 Å². The van der Waals surface area contributed by atoms with Crippen molar-refractivity contribution < 1.29 is 9.31 Å². The highest BCUT2D eigenvalue weighted by molar-refractivity contribution is 5.62. The van der Waals surface area contributed by atoms with Gasteiger partial charge in [-0.3, -0.25) is 10.1 Å². The Bertz CT molecular complexity index is 371. The van der Waals surface area contributed by atoms with Gasteiger partial charge in [0.2, 0.25) is 0 Å². The van der Waals surface area contributed by atoms with Crippen LogP contribution in [0.15, 0.2) is 18.2 Å². The topological polar surface area (TPSA) is 67.2 Å². The Morgan fingerprint density at radius 3 is 2.81 bits per heavy atom. The fourth-order valence-electron chi connectivity index (χ4n) is 1.29. The van der Waals surface area contributed by atoms with Gasteiger partial charge in [0.1, 0.15) is 5.69 Å². The van der Waals surface area contributed by atoms with Crippen LogP contribution in [0.4, 0.5) is 15.8 Å². The Labute approximate surface area is 92.8 Å². The molecule has 0 amide bonds. The Kier molecular flexibility index (Phi) is 4.65. The number of hydrogen-bond acceptors (Lipinski definition) is 4. The molecule has 0 saturated heterocycles. The number of hydrogen-bond donors (Lipinski definition) is 2. The second-order valence-electron chi connectivity index (χ2n) is 3.17. The molecule has 1 aromatic rings. The van der Waals surface area contributed by atoms with Crippen molar-refractivity contribution in [3.05, 3.63) is 34.1 Å². The second kappa shape index (κ2) is 6.02. The smallest absolute Gasteiger partial charge is 0.295 e. The minimum Gasteiger partial charge on any atom is -0.376 e. The maximum Gasteiger partial charge on any atom is 0.295 e. The number of halogens is 1. The molecule has 2 N–H and O–H groups in total. The molecule has 0 aliphatic rings. The lowest BCUT2D eigenvalue weighted by atomic mass is 10.2. The predicted molar refractivity (Wildman–Crippen MR) is 60.1 cm³/mol. The third-order valence-corrected chi connectivity index (χ3v) is 2.04. The van der Waals surface area contributed by atoms with Crippen molar-refractivity contribution in [3.63, 3.8) is 0 Å². The van der Waals surface area contributed by atoms with E-state index in [4.69, 9.17) is 0 Å². The van der Waals surface area contributed by atoms with Gasteiger partial charge in [0.15, 0.2) is 5.82 Å². The van der Waals surface area contributed by atoms with E-state index in [2.05, 4.69) is 10.6 Å².